The van der Waals surface area contributed by atoms with Gasteiger partial charge in [-0.2, -0.15) is 0 Å². The number of amides is 2. The first-order chi connectivity index (χ1) is 12.2. The molecule has 0 spiro atoms. The fraction of sp³-hybridized carbons (Fsp3) is 0.579. The first-order valence-corrected chi connectivity index (χ1v) is 9.21. The third-order valence-corrected chi connectivity index (χ3v) is 4.35. The van der Waals surface area contributed by atoms with Crippen molar-refractivity contribution >= 4 is 17.5 Å². The van der Waals surface area contributed by atoms with Crippen molar-refractivity contribution in [3.63, 3.8) is 0 Å². The molecule has 0 aliphatic carbocycles. The number of anilines is 1. The van der Waals surface area contributed by atoms with E-state index in [1.165, 1.54) is 19.3 Å². The van der Waals surface area contributed by atoms with Crippen molar-refractivity contribution in [1.82, 2.24) is 10.6 Å². The van der Waals surface area contributed by atoms with Gasteiger partial charge in [-0.3, -0.25) is 9.59 Å². The number of hydrogen-bond donors (Lipinski definition) is 3. The predicted molar refractivity (Wildman–Crippen MR) is 98.7 cm³/mol. The van der Waals surface area contributed by atoms with Crippen LogP contribution in [0.5, 0.6) is 5.75 Å². The summed E-state index contributed by atoms with van der Waals surface area (Å²) in [4.78, 5) is 23.7. The second-order valence-electron chi connectivity index (χ2n) is 6.38. The molecule has 25 heavy (non-hydrogen) atoms. The molecule has 1 heterocycles. The van der Waals surface area contributed by atoms with Gasteiger partial charge in [0.1, 0.15) is 5.75 Å². The van der Waals surface area contributed by atoms with Crippen LogP contribution >= 0.6 is 0 Å². The smallest absolute Gasteiger partial charge is 0.313 e. The topological polar surface area (TPSA) is 79.5 Å². The van der Waals surface area contributed by atoms with Crippen LogP contribution < -0.4 is 20.7 Å². The summed E-state index contributed by atoms with van der Waals surface area (Å²) in [5.74, 6) is 0.263. The average Bonchev–Trinajstić information content (AvgIpc) is 2.64. The highest BCUT2D eigenvalue weighted by Crippen LogP contribution is 2.17. The maximum Gasteiger partial charge on any atom is 0.313 e. The fourth-order valence-electron chi connectivity index (χ4n) is 3.00. The number of piperidine rings is 1. The predicted octanol–water partition coefficient (Wildman–Crippen LogP) is 2.31. The zero-order valence-electron chi connectivity index (χ0n) is 15.0. The van der Waals surface area contributed by atoms with E-state index in [1.54, 1.807) is 24.3 Å². The maximum atomic E-state index is 11.9. The van der Waals surface area contributed by atoms with E-state index in [2.05, 4.69) is 16.0 Å². The fourth-order valence-corrected chi connectivity index (χ4v) is 3.00. The van der Waals surface area contributed by atoms with E-state index in [4.69, 9.17) is 4.74 Å². The second-order valence-corrected chi connectivity index (χ2v) is 6.38. The largest absolute Gasteiger partial charge is 0.494 e. The van der Waals surface area contributed by atoms with Crippen molar-refractivity contribution in [2.75, 3.05) is 31.6 Å². The summed E-state index contributed by atoms with van der Waals surface area (Å²) in [6.45, 7) is 5.28. The number of carbonyl (C=O) groups is 2. The van der Waals surface area contributed by atoms with Crippen molar-refractivity contribution < 1.29 is 14.3 Å². The Morgan fingerprint density at radius 1 is 1.20 bits per heavy atom. The van der Waals surface area contributed by atoms with E-state index >= 15 is 0 Å². The highest BCUT2D eigenvalue weighted by atomic mass is 16.5. The highest BCUT2D eigenvalue weighted by molar-refractivity contribution is 6.39. The second kappa shape index (κ2) is 10.7. The summed E-state index contributed by atoms with van der Waals surface area (Å²) < 4.78 is 5.34. The molecule has 1 saturated heterocycles. The molecule has 1 aromatic rings. The van der Waals surface area contributed by atoms with E-state index in [0.717, 1.165) is 37.6 Å². The Bertz CT molecular complexity index is 539. The standard InChI is InChI=1S/C19H29N3O3/c1-2-25-17-10-8-16(9-11-17)22-19(24)18(23)21-13-4-3-6-15-7-5-12-20-14-15/h8-11,15,20H,2-7,12-14H2,1H3,(H,21,23)(H,22,24). The van der Waals surface area contributed by atoms with Crippen molar-refractivity contribution in [2.24, 2.45) is 5.92 Å². The minimum Gasteiger partial charge on any atom is -0.494 e. The molecule has 0 aromatic heterocycles. The summed E-state index contributed by atoms with van der Waals surface area (Å²) in [6.07, 6.45) is 5.71. The van der Waals surface area contributed by atoms with Crippen LogP contribution in [0.4, 0.5) is 5.69 Å². The molecule has 6 heteroatoms. The molecule has 2 rings (SSSR count). The van der Waals surface area contributed by atoms with Crippen LogP contribution in [0.1, 0.15) is 39.0 Å². The average molecular weight is 347 g/mol. The Kier molecular flexibility index (Phi) is 8.25. The minimum absolute atomic E-state index is 0.537. The van der Waals surface area contributed by atoms with Crippen molar-refractivity contribution in [3.8, 4) is 5.75 Å². The number of nitrogens with one attached hydrogen (secondary N) is 3. The van der Waals surface area contributed by atoms with Crippen molar-refractivity contribution in [1.29, 1.82) is 0 Å². The quantitative estimate of drug-likeness (QED) is 0.498. The first kappa shape index (κ1) is 19.2. The van der Waals surface area contributed by atoms with Crippen LogP contribution in [0.2, 0.25) is 0 Å². The van der Waals surface area contributed by atoms with E-state index in [1.807, 2.05) is 6.92 Å². The van der Waals surface area contributed by atoms with Crippen LogP contribution in [-0.2, 0) is 9.59 Å². The summed E-state index contributed by atoms with van der Waals surface area (Å²) >= 11 is 0. The van der Waals surface area contributed by atoms with Gasteiger partial charge in [-0.05, 0) is 75.9 Å². The van der Waals surface area contributed by atoms with Crippen LogP contribution in [-0.4, -0.2) is 38.1 Å². The van der Waals surface area contributed by atoms with Crippen molar-refractivity contribution in [3.05, 3.63) is 24.3 Å². The number of unbranched alkanes of at least 4 members (excludes halogenated alkanes) is 1. The Labute approximate surface area is 149 Å². The lowest BCUT2D eigenvalue weighted by atomic mass is 9.94. The third kappa shape index (κ3) is 7.13. The summed E-state index contributed by atoms with van der Waals surface area (Å²) in [5, 5.41) is 8.68. The highest BCUT2D eigenvalue weighted by Gasteiger charge is 2.14. The third-order valence-electron chi connectivity index (χ3n) is 4.35. The lowest BCUT2D eigenvalue weighted by Gasteiger charge is -2.22. The van der Waals surface area contributed by atoms with Gasteiger partial charge < -0.3 is 20.7 Å². The molecule has 2 amide bonds. The number of hydrogen-bond acceptors (Lipinski definition) is 4. The molecule has 6 nitrogen and oxygen atoms in total. The molecule has 0 saturated carbocycles. The summed E-state index contributed by atoms with van der Waals surface area (Å²) in [6, 6.07) is 6.96. The molecule has 1 fully saturated rings. The van der Waals surface area contributed by atoms with Gasteiger partial charge in [0.25, 0.3) is 0 Å². The molecule has 1 atom stereocenters. The molecule has 1 unspecified atom stereocenters. The van der Waals surface area contributed by atoms with E-state index in [9.17, 15) is 9.59 Å². The molecule has 3 N–H and O–H groups in total. The molecule has 138 valence electrons. The van der Waals surface area contributed by atoms with Crippen LogP contribution in [0, 0.1) is 5.92 Å². The number of benzene rings is 1. The van der Waals surface area contributed by atoms with Gasteiger partial charge in [-0.15, -0.1) is 0 Å². The molecule has 1 aromatic carbocycles. The first-order valence-electron chi connectivity index (χ1n) is 9.21. The molecule has 1 aliphatic heterocycles. The van der Waals surface area contributed by atoms with Gasteiger partial charge >= 0.3 is 11.8 Å². The van der Waals surface area contributed by atoms with Crippen LogP contribution in [0.15, 0.2) is 24.3 Å². The van der Waals surface area contributed by atoms with E-state index in [-0.39, 0.29) is 0 Å². The van der Waals surface area contributed by atoms with E-state index < -0.39 is 11.8 Å². The monoisotopic (exact) mass is 347 g/mol. The zero-order chi connectivity index (χ0) is 17.9. The maximum absolute atomic E-state index is 11.9. The Morgan fingerprint density at radius 2 is 2.00 bits per heavy atom. The number of rotatable bonds is 8. The normalized spacial score (nSPS) is 16.9. The number of ether oxygens (including phenoxy) is 1. The zero-order valence-corrected chi connectivity index (χ0v) is 15.0. The molecular weight excluding hydrogens is 318 g/mol. The Balaban J connectivity index is 1.60. The van der Waals surface area contributed by atoms with Crippen LogP contribution in [0.3, 0.4) is 0 Å². The minimum atomic E-state index is -0.638. The summed E-state index contributed by atoms with van der Waals surface area (Å²) in [7, 11) is 0. The van der Waals surface area contributed by atoms with Gasteiger partial charge in [-0.25, -0.2) is 0 Å². The van der Waals surface area contributed by atoms with Crippen molar-refractivity contribution in [2.45, 2.75) is 39.0 Å². The Morgan fingerprint density at radius 3 is 2.68 bits per heavy atom. The van der Waals surface area contributed by atoms with Crippen LogP contribution in [0.25, 0.3) is 0 Å². The van der Waals surface area contributed by atoms with Gasteiger partial charge in [0.15, 0.2) is 0 Å². The van der Waals surface area contributed by atoms with Gasteiger partial charge in [-0.1, -0.05) is 6.42 Å². The van der Waals surface area contributed by atoms with Gasteiger partial charge in [0.2, 0.25) is 0 Å². The molecule has 1 aliphatic rings. The van der Waals surface area contributed by atoms with Gasteiger partial charge in [0, 0.05) is 12.2 Å². The molecule has 0 radical (unpaired) electrons. The number of carbonyl (C=O) groups excluding carboxylic acids is 2. The lowest BCUT2D eigenvalue weighted by Crippen LogP contribution is -2.36. The lowest BCUT2D eigenvalue weighted by molar-refractivity contribution is -0.136. The molecule has 0 bridgehead atoms. The molecular formula is C19H29N3O3. The van der Waals surface area contributed by atoms with Gasteiger partial charge in [0.05, 0.1) is 6.61 Å². The summed E-state index contributed by atoms with van der Waals surface area (Å²) in [5.41, 5.74) is 0.577. The SMILES string of the molecule is CCOc1ccc(NC(=O)C(=O)NCCCCC2CCCNC2)cc1. The Hall–Kier alpha value is -2.08. The van der Waals surface area contributed by atoms with E-state index in [0.29, 0.717) is 18.8 Å².